The first kappa shape index (κ1) is 49.3. The number of hydrogen-bond acceptors (Lipinski definition) is 17. The van der Waals surface area contributed by atoms with Gasteiger partial charge in [0.05, 0.1) is 99.1 Å². The fraction of sp³-hybridized carbons (Fsp3) is 0.969. The maximum Gasteiger partial charge on any atom is 0.332 e. The smallest absolute Gasteiger partial charge is 0.332 e. The van der Waals surface area contributed by atoms with Crippen LogP contribution in [0.25, 0.3) is 0 Å². The van der Waals surface area contributed by atoms with E-state index < -0.39 is 49.0 Å². The maximum absolute atomic E-state index is 8.89. The van der Waals surface area contributed by atoms with Crippen molar-refractivity contribution in [2.75, 3.05) is 99.1 Å². The van der Waals surface area contributed by atoms with Crippen molar-refractivity contribution >= 4 is 49.0 Å². The van der Waals surface area contributed by atoms with Crippen LogP contribution < -0.4 is 5.11 Å². The Morgan fingerprint density at radius 2 is 0.455 bits per heavy atom. The number of carboxylic acid groups (broad SMARTS) is 1. The van der Waals surface area contributed by atoms with Gasteiger partial charge in [-0.25, -0.2) is 0 Å². The number of fused-ring (bicyclic) bond motifs is 15. The summed E-state index contributed by atoms with van der Waals surface area (Å²) >= 11 is 0. The summed E-state index contributed by atoms with van der Waals surface area (Å²) in [5.74, 6) is -1.08. The van der Waals surface area contributed by atoms with Crippen LogP contribution in [0.2, 0.25) is 0 Å². The molecule has 0 aromatic carbocycles. The van der Waals surface area contributed by atoms with Crippen molar-refractivity contribution in [3.63, 3.8) is 0 Å². The molecule has 0 aromatic heterocycles. The quantitative estimate of drug-likeness (QED) is 0.200. The normalized spacial score (nSPS) is 42.2. The Morgan fingerprint density at radius 1 is 0.364 bits per heavy atom. The first-order chi connectivity index (χ1) is 26.0. The molecular formula is C32H58O17P5Rh-. The summed E-state index contributed by atoms with van der Waals surface area (Å²) in [4.78, 5) is 8.89. The van der Waals surface area contributed by atoms with Crippen LogP contribution in [0.1, 0.15) is 73.6 Å². The second-order valence-corrected chi connectivity index (χ2v) is 21.1. The minimum atomic E-state index is -1.08. The topological polar surface area (TPSA) is 179 Å². The van der Waals surface area contributed by atoms with Crippen LogP contribution in [-0.4, -0.2) is 105 Å². The van der Waals surface area contributed by atoms with Crippen LogP contribution in [0, 0.1) is 27.1 Å². The maximum atomic E-state index is 8.89. The van der Waals surface area contributed by atoms with E-state index in [9.17, 15) is 0 Å². The second-order valence-electron chi connectivity index (χ2n) is 15.0. The van der Waals surface area contributed by atoms with E-state index in [4.69, 9.17) is 77.8 Å². The summed E-state index contributed by atoms with van der Waals surface area (Å²) in [5.41, 5.74) is 0.888. The minimum absolute atomic E-state index is 0. The number of carboxylic acids is 1. The first-order valence-electron chi connectivity index (χ1n) is 18.6. The van der Waals surface area contributed by atoms with E-state index in [0.717, 1.165) is 138 Å². The molecule has 15 aliphatic rings. The molecule has 0 aromatic rings. The average molecular weight is 973 g/mol. The van der Waals surface area contributed by atoms with E-state index in [1.165, 1.54) is 0 Å². The molecule has 55 heavy (non-hydrogen) atoms. The monoisotopic (exact) mass is 972 g/mol. The Kier molecular flexibility index (Phi) is 20.8. The molecule has 15 saturated heterocycles. The van der Waals surface area contributed by atoms with Gasteiger partial charge in [0.1, 0.15) is 0 Å². The molecule has 0 unspecified atom stereocenters. The molecule has 23 heteroatoms. The van der Waals surface area contributed by atoms with Gasteiger partial charge in [-0.05, 0) is 39.0 Å². The summed E-state index contributed by atoms with van der Waals surface area (Å²) in [6.07, 6.45) is 5.40. The van der Waals surface area contributed by atoms with Crippen molar-refractivity contribution in [2.45, 2.75) is 73.6 Å². The van der Waals surface area contributed by atoms with Gasteiger partial charge >= 0.3 is 43.0 Å². The Hall–Kier alpha value is 1.64. The number of hydrogen-bond donors (Lipinski definition) is 0. The van der Waals surface area contributed by atoms with Gasteiger partial charge < -0.3 is 77.8 Å². The van der Waals surface area contributed by atoms with E-state index >= 15 is 0 Å². The summed E-state index contributed by atoms with van der Waals surface area (Å²) in [6.45, 7) is 24.1. The first-order valence-corrected chi connectivity index (χ1v) is 24.1. The molecule has 0 saturated carbocycles. The van der Waals surface area contributed by atoms with E-state index in [0.29, 0.717) is 0 Å². The van der Waals surface area contributed by atoms with Crippen LogP contribution in [0.4, 0.5) is 0 Å². The number of carbonyl (C=O) groups is 1. The Balaban J connectivity index is 0.000000149. The van der Waals surface area contributed by atoms with Gasteiger partial charge in [-0.2, -0.15) is 0 Å². The van der Waals surface area contributed by atoms with Gasteiger partial charge in [-0.3, -0.25) is 0 Å². The molecule has 1 radical (unpaired) electrons. The molecule has 15 heterocycles. The van der Waals surface area contributed by atoms with Crippen LogP contribution in [0.3, 0.4) is 0 Å². The van der Waals surface area contributed by atoms with Gasteiger partial charge in [-0.15, -0.1) is 0 Å². The summed E-state index contributed by atoms with van der Waals surface area (Å²) < 4.78 is 79.4. The Morgan fingerprint density at radius 3 is 0.509 bits per heavy atom. The molecule has 17 nitrogen and oxygen atoms in total. The largest absolute Gasteiger partial charge is 0.550 e. The number of carbonyl (C=O) groups excluding carboxylic acids is 1. The van der Waals surface area contributed by atoms with Crippen LogP contribution in [0.5, 0.6) is 0 Å². The minimum Gasteiger partial charge on any atom is -0.550 e. The third-order valence-corrected chi connectivity index (χ3v) is 16.0. The van der Waals surface area contributed by atoms with Crippen LogP contribution in [0.15, 0.2) is 0 Å². The van der Waals surface area contributed by atoms with Crippen molar-refractivity contribution in [3.05, 3.63) is 0 Å². The molecule has 323 valence electrons. The second kappa shape index (κ2) is 23.2. The van der Waals surface area contributed by atoms with E-state index in [-0.39, 0.29) is 46.6 Å². The summed E-state index contributed by atoms with van der Waals surface area (Å²) in [5, 5.41) is 8.89. The molecule has 15 aliphatic heterocycles. The third-order valence-electron chi connectivity index (χ3n) is 10.9. The van der Waals surface area contributed by atoms with E-state index in [1.807, 2.05) is 0 Å². The van der Waals surface area contributed by atoms with Crippen molar-refractivity contribution in [3.8, 4) is 0 Å². The van der Waals surface area contributed by atoms with Crippen molar-refractivity contribution < 1.29 is 97.2 Å². The van der Waals surface area contributed by atoms with Gasteiger partial charge in [0.25, 0.3) is 0 Å². The number of rotatable bonds is 5. The van der Waals surface area contributed by atoms with Crippen LogP contribution >= 0.6 is 43.0 Å². The molecule has 0 amide bonds. The van der Waals surface area contributed by atoms with Gasteiger partial charge in [-0.1, -0.05) is 34.6 Å². The fourth-order valence-electron chi connectivity index (χ4n) is 5.56. The molecule has 0 atom stereocenters. The molecule has 15 rings (SSSR count). The zero-order valence-electron chi connectivity index (χ0n) is 32.7. The molecular weight excluding hydrogens is 914 g/mol. The van der Waals surface area contributed by atoms with Crippen molar-refractivity contribution in [2.24, 2.45) is 27.1 Å². The van der Waals surface area contributed by atoms with Gasteiger partial charge in [0.2, 0.25) is 0 Å². The van der Waals surface area contributed by atoms with Gasteiger partial charge in [0, 0.05) is 52.5 Å². The fourth-order valence-corrected chi connectivity index (χ4v) is 12.4. The Bertz CT molecular complexity index is 870. The SMILES string of the molecule is CC(=O)[O-].CCC12COP(OC1)OC2.CCC12COP(OC1)OC2.CCC12COP(OC1)OC2.CCC12COP(OC1)OC2.CCC12COP(OC1)OC2.[Rh]. The number of aliphatic carboxylic acids is 1. The Labute approximate surface area is 344 Å². The molecule has 10 bridgehead atoms. The summed E-state index contributed by atoms with van der Waals surface area (Å²) in [6, 6.07) is 0. The average Bonchev–Trinajstić information content (AvgIpc) is 3.28. The molecule has 0 N–H and O–H groups in total. The zero-order chi connectivity index (χ0) is 38.7. The molecule has 0 spiro atoms. The molecule has 0 aliphatic carbocycles. The van der Waals surface area contributed by atoms with Gasteiger partial charge in [0.15, 0.2) is 0 Å². The predicted octanol–water partition coefficient (Wildman–Crippen LogP) is 7.19. The summed E-state index contributed by atoms with van der Waals surface area (Å²) in [7, 11) is -4.71. The third kappa shape index (κ3) is 14.1. The van der Waals surface area contributed by atoms with Crippen LogP contribution in [-0.2, 0) is 92.1 Å². The van der Waals surface area contributed by atoms with Crippen molar-refractivity contribution in [1.82, 2.24) is 0 Å². The zero-order valence-corrected chi connectivity index (χ0v) is 38.8. The predicted molar refractivity (Wildman–Crippen MR) is 198 cm³/mol. The standard InChI is InChI=1S/5C6H11O3P.C2H4O2.Rh/c5*1-2-6-3-7-10(8-4-6)9-5-6;1-2(3)4;/h5*2-5H2,1H3;1H3,(H,3,4);/p-1. The van der Waals surface area contributed by atoms with E-state index in [2.05, 4.69) is 34.6 Å². The van der Waals surface area contributed by atoms with E-state index in [1.54, 1.807) is 0 Å². The van der Waals surface area contributed by atoms with Crippen molar-refractivity contribution in [1.29, 1.82) is 0 Å². The molecule has 15 fully saturated rings.